The van der Waals surface area contributed by atoms with E-state index in [-0.39, 0.29) is 0 Å². The maximum atomic E-state index is 11.4. The molecule has 0 aliphatic heterocycles. The number of carbonyl (C=O) groups is 2. The van der Waals surface area contributed by atoms with Crippen molar-refractivity contribution in [3.05, 3.63) is 0 Å². The van der Waals surface area contributed by atoms with Crippen molar-refractivity contribution >= 4 is 11.9 Å². The molecular weight excluding hydrogens is 304 g/mol. The molecule has 0 amide bonds. The number of ether oxygens (including phenoxy) is 1. The molecule has 0 radical (unpaired) electrons. The molecule has 142 valence electrons. The molecule has 1 N–H and O–H groups in total. The van der Waals surface area contributed by atoms with Crippen molar-refractivity contribution < 1.29 is 19.4 Å². The van der Waals surface area contributed by atoms with E-state index in [1.54, 1.807) is 0 Å². The summed E-state index contributed by atoms with van der Waals surface area (Å²) in [6.45, 7) is 3.64. The second kappa shape index (κ2) is 16.8. The van der Waals surface area contributed by atoms with Crippen molar-refractivity contribution in [2.24, 2.45) is 0 Å². The van der Waals surface area contributed by atoms with Gasteiger partial charge in [-0.25, -0.2) is 4.79 Å². The molecule has 0 spiro atoms. The third kappa shape index (κ3) is 15.8. The average molecular weight is 343 g/mol. The molecule has 1 unspecified atom stereocenters. The molecule has 24 heavy (non-hydrogen) atoms. The van der Waals surface area contributed by atoms with E-state index in [9.17, 15) is 9.59 Å². The summed E-state index contributed by atoms with van der Waals surface area (Å²) in [5, 5.41) is 8.65. The standard InChI is InChI=1S/C20H38O4/c1-3-4-5-6-7-8-9-10-11-12-13-14-15-16-17-19(21)24-18(2)20(22)23/h18H,3-17H2,1-2H3,(H,22,23). The first-order valence-corrected chi connectivity index (χ1v) is 10.00. The number of hydrogen-bond donors (Lipinski definition) is 1. The third-order valence-electron chi connectivity index (χ3n) is 4.39. The fourth-order valence-corrected chi connectivity index (χ4v) is 2.77. The van der Waals surface area contributed by atoms with Crippen LogP contribution in [0.3, 0.4) is 0 Å². The zero-order valence-corrected chi connectivity index (χ0v) is 15.9. The molecule has 0 aliphatic rings. The summed E-state index contributed by atoms with van der Waals surface area (Å²) in [5.74, 6) is -1.49. The second-order valence-electron chi connectivity index (χ2n) is 6.82. The Hall–Kier alpha value is -1.06. The predicted octanol–water partition coefficient (Wildman–Crippen LogP) is 5.87. The third-order valence-corrected chi connectivity index (χ3v) is 4.39. The van der Waals surface area contributed by atoms with Crippen molar-refractivity contribution in [1.82, 2.24) is 0 Å². The summed E-state index contributed by atoms with van der Waals surface area (Å²) in [4.78, 5) is 21.9. The van der Waals surface area contributed by atoms with Crippen LogP contribution in [0.1, 0.15) is 110 Å². The zero-order valence-electron chi connectivity index (χ0n) is 15.9. The number of aliphatic carboxylic acids is 1. The van der Waals surface area contributed by atoms with Crippen LogP contribution in [0.2, 0.25) is 0 Å². The molecule has 0 aliphatic carbocycles. The number of hydrogen-bond acceptors (Lipinski definition) is 3. The van der Waals surface area contributed by atoms with Gasteiger partial charge in [-0.3, -0.25) is 4.79 Å². The Morgan fingerprint density at radius 3 is 1.50 bits per heavy atom. The van der Waals surface area contributed by atoms with E-state index >= 15 is 0 Å². The minimum atomic E-state index is -1.09. The van der Waals surface area contributed by atoms with Gasteiger partial charge in [-0.05, 0) is 13.3 Å². The number of carboxylic acid groups (broad SMARTS) is 1. The molecule has 0 aromatic carbocycles. The minimum Gasteiger partial charge on any atom is -0.479 e. The van der Waals surface area contributed by atoms with Crippen LogP contribution in [-0.4, -0.2) is 23.1 Å². The van der Waals surface area contributed by atoms with Gasteiger partial charge < -0.3 is 9.84 Å². The van der Waals surface area contributed by atoms with Crippen LogP contribution in [-0.2, 0) is 14.3 Å². The van der Waals surface area contributed by atoms with Crippen LogP contribution in [0.15, 0.2) is 0 Å². The highest BCUT2D eigenvalue weighted by atomic mass is 16.6. The lowest BCUT2D eigenvalue weighted by Gasteiger charge is -2.08. The maximum Gasteiger partial charge on any atom is 0.344 e. The molecule has 0 saturated carbocycles. The summed E-state index contributed by atoms with van der Waals surface area (Å²) in [5.41, 5.74) is 0. The van der Waals surface area contributed by atoms with Gasteiger partial charge in [0.2, 0.25) is 0 Å². The average Bonchev–Trinajstić information content (AvgIpc) is 2.55. The minimum absolute atomic E-state index is 0.329. The van der Waals surface area contributed by atoms with Crippen molar-refractivity contribution in [1.29, 1.82) is 0 Å². The lowest BCUT2D eigenvalue weighted by Crippen LogP contribution is -2.23. The van der Waals surface area contributed by atoms with Crippen molar-refractivity contribution in [2.45, 2.75) is 116 Å². The summed E-state index contributed by atoms with van der Waals surface area (Å²) >= 11 is 0. The fraction of sp³-hybridized carbons (Fsp3) is 0.900. The highest BCUT2D eigenvalue weighted by Gasteiger charge is 2.15. The maximum absolute atomic E-state index is 11.4. The summed E-state index contributed by atoms with van der Waals surface area (Å²) in [6.07, 6.45) is 17.1. The number of rotatable bonds is 17. The van der Waals surface area contributed by atoms with Gasteiger partial charge in [0.05, 0.1) is 0 Å². The second-order valence-corrected chi connectivity index (χ2v) is 6.82. The molecule has 0 rings (SSSR count). The van der Waals surface area contributed by atoms with Crippen LogP contribution in [0.5, 0.6) is 0 Å². The lowest BCUT2D eigenvalue weighted by molar-refractivity contribution is -0.162. The number of carbonyl (C=O) groups excluding carboxylic acids is 1. The van der Waals surface area contributed by atoms with Crippen LogP contribution in [0, 0.1) is 0 Å². The van der Waals surface area contributed by atoms with E-state index in [1.807, 2.05) is 0 Å². The van der Waals surface area contributed by atoms with Gasteiger partial charge in [0, 0.05) is 6.42 Å². The molecule has 0 heterocycles. The molecule has 0 aromatic heterocycles. The molecule has 4 heteroatoms. The van der Waals surface area contributed by atoms with Gasteiger partial charge in [-0.15, -0.1) is 0 Å². The topological polar surface area (TPSA) is 63.6 Å². The molecule has 4 nitrogen and oxygen atoms in total. The molecule has 0 aromatic rings. The Morgan fingerprint density at radius 2 is 1.12 bits per heavy atom. The molecule has 0 saturated heterocycles. The van der Waals surface area contributed by atoms with Crippen LogP contribution < -0.4 is 0 Å². The molecule has 1 atom stereocenters. The van der Waals surface area contributed by atoms with Gasteiger partial charge in [-0.1, -0.05) is 90.4 Å². The van der Waals surface area contributed by atoms with Gasteiger partial charge in [0.1, 0.15) is 0 Å². The van der Waals surface area contributed by atoms with E-state index in [4.69, 9.17) is 9.84 Å². The van der Waals surface area contributed by atoms with Crippen molar-refractivity contribution in [3.8, 4) is 0 Å². The first-order valence-electron chi connectivity index (χ1n) is 10.00. The van der Waals surface area contributed by atoms with Gasteiger partial charge in [0.15, 0.2) is 6.10 Å². The number of esters is 1. The fourth-order valence-electron chi connectivity index (χ4n) is 2.77. The Kier molecular flexibility index (Phi) is 16.0. The van der Waals surface area contributed by atoms with Gasteiger partial charge >= 0.3 is 11.9 Å². The van der Waals surface area contributed by atoms with E-state index in [0.29, 0.717) is 6.42 Å². The zero-order chi connectivity index (χ0) is 18.0. The largest absolute Gasteiger partial charge is 0.479 e. The van der Waals surface area contributed by atoms with E-state index < -0.39 is 18.0 Å². The van der Waals surface area contributed by atoms with E-state index in [0.717, 1.165) is 19.3 Å². The lowest BCUT2D eigenvalue weighted by atomic mass is 10.0. The normalized spacial score (nSPS) is 12.1. The smallest absolute Gasteiger partial charge is 0.344 e. The highest BCUT2D eigenvalue weighted by Crippen LogP contribution is 2.13. The number of unbranched alkanes of at least 4 members (excludes halogenated alkanes) is 13. The van der Waals surface area contributed by atoms with Crippen molar-refractivity contribution in [3.63, 3.8) is 0 Å². The Labute approximate surface area is 148 Å². The van der Waals surface area contributed by atoms with Crippen LogP contribution in [0.4, 0.5) is 0 Å². The van der Waals surface area contributed by atoms with Gasteiger partial charge in [0.25, 0.3) is 0 Å². The van der Waals surface area contributed by atoms with E-state index in [1.165, 1.54) is 77.6 Å². The van der Waals surface area contributed by atoms with Crippen LogP contribution >= 0.6 is 0 Å². The van der Waals surface area contributed by atoms with Crippen molar-refractivity contribution in [2.75, 3.05) is 0 Å². The summed E-state index contributed by atoms with van der Waals surface area (Å²) in [7, 11) is 0. The first kappa shape index (κ1) is 22.9. The Bertz CT molecular complexity index is 315. The SMILES string of the molecule is CCCCCCCCCCCCCCCCC(=O)OC(C)C(=O)O. The highest BCUT2D eigenvalue weighted by molar-refractivity contribution is 5.77. The monoisotopic (exact) mass is 342 g/mol. The Balaban J connectivity index is 3.20. The predicted molar refractivity (Wildman–Crippen MR) is 98.1 cm³/mol. The van der Waals surface area contributed by atoms with Gasteiger partial charge in [-0.2, -0.15) is 0 Å². The Morgan fingerprint density at radius 1 is 0.750 bits per heavy atom. The van der Waals surface area contributed by atoms with Crippen LogP contribution in [0.25, 0.3) is 0 Å². The molecule has 0 bridgehead atoms. The quantitative estimate of drug-likeness (QED) is 0.265. The summed E-state index contributed by atoms with van der Waals surface area (Å²) in [6, 6.07) is 0. The van der Waals surface area contributed by atoms with E-state index in [2.05, 4.69) is 6.92 Å². The first-order chi connectivity index (χ1) is 11.6. The molecule has 0 fully saturated rings. The molecular formula is C20H38O4. The number of carboxylic acids is 1. The summed E-state index contributed by atoms with van der Waals surface area (Å²) < 4.78 is 4.79.